The maximum Gasteiger partial charge on any atom is 0.193 e. The van der Waals surface area contributed by atoms with Crippen LogP contribution in [0.1, 0.15) is 26.7 Å². The molecule has 1 aromatic carbocycles. The summed E-state index contributed by atoms with van der Waals surface area (Å²) in [7, 11) is 1.59. The van der Waals surface area contributed by atoms with E-state index in [1.165, 1.54) is 0 Å². The van der Waals surface area contributed by atoms with Crippen LogP contribution in [-0.4, -0.2) is 31.8 Å². The minimum Gasteiger partial charge on any atom is -0.495 e. The van der Waals surface area contributed by atoms with E-state index >= 15 is 0 Å². The van der Waals surface area contributed by atoms with Gasteiger partial charge in [0.05, 0.1) is 24.3 Å². The number of fused-ring (bicyclic) bond motifs is 1. The standard InChI is InChI=1S/C17H24ClN3O2.HI/c1-17(2)14(11-5-4-8-23-15(11)17)21-16(19)20-10-6-7-13(22-3)12(18)9-10;/h6-7,9,11,14-15H,4-5,8H2,1-3H3,(H3,19,20,21);1H. The van der Waals surface area contributed by atoms with E-state index in [4.69, 9.17) is 31.8 Å². The fraction of sp³-hybridized carbons (Fsp3) is 0.588. The third-order valence-corrected chi connectivity index (χ3v) is 5.27. The highest BCUT2D eigenvalue weighted by Gasteiger charge is 2.58. The predicted octanol–water partition coefficient (Wildman–Crippen LogP) is 3.90. The Balaban J connectivity index is 0.00000208. The molecule has 0 radical (unpaired) electrons. The van der Waals surface area contributed by atoms with Crippen molar-refractivity contribution in [1.29, 1.82) is 0 Å². The van der Waals surface area contributed by atoms with E-state index in [1.54, 1.807) is 19.2 Å². The normalized spacial score (nSPS) is 28.2. The Morgan fingerprint density at radius 3 is 2.88 bits per heavy atom. The Kier molecular flexibility index (Phi) is 6.25. The van der Waals surface area contributed by atoms with Gasteiger partial charge in [0, 0.05) is 23.6 Å². The Hall–Kier alpha value is -0.730. The van der Waals surface area contributed by atoms with Crippen LogP contribution in [0.3, 0.4) is 0 Å². The van der Waals surface area contributed by atoms with Gasteiger partial charge >= 0.3 is 0 Å². The molecular weight excluding hydrogens is 441 g/mol. The molecule has 1 saturated heterocycles. The molecule has 3 rings (SSSR count). The summed E-state index contributed by atoms with van der Waals surface area (Å²) in [4.78, 5) is 4.72. The fourth-order valence-electron chi connectivity index (χ4n) is 3.83. The number of aliphatic imine (C=N–C) groups is 1. The molecule has 3 atom stereocenters. The summed E-state index contributed by atoms with van der Waals surface area (Å²) in [5.41, 5.74) is 6.92. The van der Waals surface area contributed by atoms with Crippen LogP contribution >= 0.6 is 35.6 Å². The van der Waals surface area contributed by atoms with Gasteiger partial charge in [0.1, 0.15) is 5.75 Å². The highest BCUT2D eigenvalue weighted by molar-refractivity contribution is 14.0. The average Bonchev–Trinajstić information content (AvgIpc) is 2.53. The lowest BCUT2D eigenvalue weighted by atomic mass is 9.55. The van der Waals surface area contributed by atoms with E-state index < -0.39 is 0 Å². The molecule has 7 heteroatoms. The van der Waals surface area contributed by atoms with Crippen molar-refractivity contribution in [1.82, 2.24) is 0 Å². The van der Waals surface area contributed by atoms with Crippen molar-refractivity contribution in [2.24, 2.45) is 22.1 Å². The van der Waals surface area contributed by atoms with Gasteiger partial charge in [-0.1, -0.05) is 25.4 Å². The van der Waals surface area contributed by atoms with E-state index in [0.29, 0.717) is 28.8 Å². The van der Waals surface area contributed by atoms with E-state index in [0.717, 1.165) is 25.1 Å². The third-order valence-electron chi connectivity index (χ3n) is 4.97. The average molecular weight is 466 g/mol. The van der Waals surface area contributed by atoms with Gasteiger partial charge in [-0.25, -0.2) is 4.99 Å². The highest BCUT2D eigenvalue weighted by atomic mass is 127. The molecule has 24 heavy (non-hydrogen) atoms. The molecule has 5 nitrogen and oxygen atoms in total. The summed E-state index contributed by atoms with van der Waals surface area (Å²) in [6, 6.07) is 5.64. The number of nitrogens with one attached hydrogen (secondary N) is 1. The second kappa shape index (κ2) is 7.66. The number of ether oxygens (including phenoxy) is 2. The van der Waals surface area contributed by atoms with Crippen molar-refractivity contribution in [3.63, 3.8) is 0 Å². The molecule has 0 aromatic heterocycles. The molecule has 1 heterocycles. The quantitative estimate of drug-likeness (QED) is 0.404. The molecule has 1 aliphatic carbocycles. The maximum atomic E-state index is 6.13. The molecule has 134 valence electrons. The van der Waals surface area contributed by atoms with Crippen molar-refractivity contribution in [2.45, 2.75) is 38.8 Å². The van der Waals surface area contributed by atoms with Gasteiger partial charge < -0.3 is 20.5 Å². The number of nitrogens with zero attached hydrogens (tertiary/aromatic N) is 1. The number of rotatable bonds is 3. The summed E-state index contributed by atoms with van der Waals surface area (Å²) >= 11 is 6.13. The Morgan fingerprint density at radius 2 is 2.21 bits per heavy atom. The van der Waals surface area contributed by atoms with Gasteiger partial charge in [-0.15, -0.1) is 24.0 Å². The first-order chi connectivity index (χ1) is 10.9. The van der Waals surface area contributed by atoms with E-state index in [2.05, 4.69) is 19.2 Å². The number of hydrogen-bond donors (Lipinski definition) is 2. The zero-order valence-electron chi connectivity index (χ0n) is 14.2. The Bertz CT molecular complexity index is 624. The molecule has 1 aliphatic heterocycles. The molecule has 0 bridgehead atoms. The van der Waals surface area contributed by atoms with E-state index in [1.807, 2.05) is 6.07 Å². The van der Waals surface area contributed by atoms with Crippen molar-refractivity contribution < 1.29 is 9.47 Å². The van der Waals surface area contributed by atoms with E-state index in [9.17, 15) is 0 Å². The van der Waals surface area contributed by atoms with Crippen molar-refractivity contribution in [3.8, 4) is 5.75 Å². The molecule has 2 fully saturated rings. The van der Waals surface area contributed by atoms with Crippen LogP contribution in [0.4, 0.5) is 5.69 Å². The predicted molar refractivity (Wildman–Crippen MR) is 109 cm³/mol. The van der Waals surface area contributed by atoms with Crippen molar-refractivity contribution in [3.05, 3.63) is 23.2 Å². The number of hydrogen-bond acceptors (Lipinski definition) is 3. The molecule has 3 unspecified atom stereocenters. The Morgan fingerprint density at radius 1 is 1.46 bits per heavy atom. The second-order valence-corrected chi connectivity index (χ2v) is 7.26. The SMILES string of the molecule is COc1ccc(NC(N)=NC2C3CCCOC3C2(C)C)cc1Cl.I. The lowest BCUT2D eigenvalue weighted by molar-refractivity contribution is -0.182. The third kappa shape index (κ3) is 3.60. The van der Waals surface area contributed by atoms with E-state index in [-0.39, 0.29) is 35.4 Å². The molecule has 1 aromatic rings. The van der Waals surface area contributed by atoms with Crippen LogP contribution in [0.25, 0.3) is 0 Å². The number of benzene rings is 1. The second-order valence-electron chi connectivity index (χ2n) is 6.85. The monoisotopic (exact) mass is 465 g/mol. The van der Waals surface area contributed by atoms with Crippen LogP contribution < -0.4 is 15.8 Å². The lowest BCUT2D eigenvalue weighted by Gasteiger charge is -2.58. The van der Waals surface area contributed by atoms with Crippen LogP contribution in [0, 0.1) is 11.3 Å². The number of halogens is 2. The Labute approximate surface area is 165 Å². The zero-order valence-corrected chi connectivity index (χ0v) is 17.3. The summed E-state index contributed by atoms with van der Waals surface area (Å²) in [5, 5.41) is 3.65. The van der Waals surface area contributed by atoms with Crippen LogP contribution in [0.15, 0.2) is 23.2 Å². The smallest absolute Gasteiger partial charge is 0.193 e. The number of methoxy groups -OCH3 is 1. The van der Waals surface area contributed by atoms with Crippen LogP contribution in [0.5, 0.6) is 5.75 Å². The minimum absolute atomic E-state index is 0. The van der Waals surface area contributed by atoms with Gasteiger partial charge in [-0.05, 0) is 31.0 Å². The van der Waals surface area contributed by atoms with Gasteiger partial charge in [-0.2, -0.15) is 0 Å². The maximum absolute atomic E-state index is 6.13. The molecule has 3 N–H and O–H groups in total. The van der Waals surface area contributed by atoms with Gasteiger partial charge in [0.15, 0.2) is 5.96 Å². The first kappa shape index (κ1) is 19.6. The summed E-state index contributed by atoms with van der Waals surface area (Å²) in [6.07, 6.45) is 2.56. The van der Waals surface area contributed by atoms with Gasteiger partial charge in [-0.3, -0.25) is 0 Å². The summed E-state index contributed by atoms with van der Waals surface area (Å²) in [6.45, 7) is 5.26. The summed E-state index contributed by atoms with van der Waals surface area (Å²) < 4.78 is 11.0. The van der Waals surface area contributed by atoms with Crippen LogP contribution in [-0.2, 0) is 4.74 Å². The number of guanidine groups is 1. The minimum atomic E-state index is 0. The highest BCUT2D eigenvalue weighted by Crippen LogP contribution is 2.53. The number of nitrogens with two attached hydrogens (primary N) is 1. The lowest BCUT2D eigenvalue weighted by Crippen LogP contribution is -2.64. The zero-order chi connectivity index (χ0) is 16.6. The molecule has 1 saturated carbocycles. The summed E-state index contributed by atoms with van der Waals surface area (Å²) in [5.74, 6) is 1.52. The largest absolute Gasteiger partial charge is 0.495 e. The first-order valence-electron chi connectivity index (χ1n) is 7.99. The first-order valence-corrected chi connectivity index (χ1v) is 8.36. The van der Waals surface area contributed by atoms with Crippen LogP contribution in [0.2, 0.25) is 5.02 Å². The molecule has 0 amide bonds. The van der Waals surface area contributed by atoms with Gasteiger partial charge in [0.2, 0.25) is 0 Å². The molecule has 2 aliphatic rings. The van der Waals surface area contributed by atoms with Crippen molar-refractivity contribution >= 4 is 47.2 Å². The van der Waals surface area contributed by atoms with Crippen molar-refractivity contribution in [2.75, 3.05) is 19.0 Å². The number of anilines is 1. The van der Waals surface area contributed by atoms with Gasteiger partial charge in [0.25, 0.3) is 0 Å². The topological polar surface area (TPSA) is 68.9 Å². The fourth-order valence-corrected chi connectivity index (χ4v) is 4.09. The molecular formula is C17H25ClIN3O2. The molecule has 0 spiro atoms.